The van der Waals surface area contributed by atoms with Crippen molar-refractivity contribution >= 4 is 35.2 Å². The van der Waals surface area contributed by atoms with E-state index in [1.165, 1.54) is 12.1 Å². The van der Waals surface area contributed by atoms with Crippen LogP contribution < -0.4 is 10.9 Å². The van der Waals surface area contributed by atoms with Crippen molar-refractivity contribution in [2.75, 3.05) is 5.75 Å². The molecule has 27 heavy (non-hydrogen) atoms. The van der Waals surface area contributed by atoms with Crippen LogP contribution in [0.25, 0.3) is 5.69 Å². The quantitative estimate of drug-likeness (QED) is 0.505. The van der Waals surface area contributed by atoms with Gasteiger partial charge < -0.3 is 0 Å². The fraction of sp³-hybridized carbons (Fsp3) is 0.0556. The summed E-state index contributed by atoms with van der Waals surface area (Å²) in [4.78, 5) is 28.1. The average molecular weight is 405 g/mol. The Morgan fingerprint density at radius 3 is 2.67 bits per heavy atom. The Hall–Kier alpha value is -2.84. The van der Waals surface area contributed by atoms with Crippen LogP contribution in [0.2, 0.25) is 5.02 Å². The fourth-order valence-corrected chi connectivity index (χ4v) is 3.08. The lowest BCUT2D eigenvalue weighted by molar-refractivity contribution is -0.119. The van der Waals surface area contributed by atoms with Crippen molar-refractivity contribution < 1.29 is 14.0 Å². The van der Waals surface area contributed by atoms with Crippen LogP contribution in [-0.4, -0.2) is 27.1 Å². The molecule has 0 bridgehead atoms. The van der Waals surface area contributed by atoms with E-state index in [0.717, 1.165) is 11.8 Å². The first kappa shape index (κ1) is 18.9. The summed E-state index contributed by atoms with van der Waals surface area (Å²) in [6.07, 6.45) is 3.24. The van der Waals surface area contributed by atoms with Crippen LogP contribution in [0.5, 0.6) is 0 Å². The summed E-state index contributed by atoms with van der Waals surface area (Å²) in [6, 6.07) is 12.3. The first-order chi connectivity index (χ1) is 13.0. The molecule has 2 amide bonds. The number of nitrogens with one attached hydrogen (secondary N) is 2. The van der Waals surface area contributed by atoms with Gasteiger partial charge in [-0.15, -0.1) is 0 Å². The van der Waals surface area contributed by atoms with Crippen molar-refractivity contribution in [2.45, 2.75) is 5.16 Å². The molecule has 1 heterocycles. The van der Waals surface area contributed by atoms with E-state index in [0.29, 0.717) is 21.4 Å². The van der Waals surface area contributed by atoms with Crippen LogP contribution in [0.4, 0.5) is 4.39 Å². The lowest BCUT2D eigenvalue weighted by Gasteiger charge is -2.09. The molecule has 3 aromatic rings. The van der Waals surface area contributed by atoms with Gasteiger partial charge in [-0.3, -0.25) is 25.0 Å². The Morgan fingerprint density at radius 2 is 1.93 bits per heavy atom. The van der Waals surface area contributed by atoms with Gasteiger partial charge >= 0.3 is 0 Å². The van der Waals surface area contributed by atoms with E-state index in [-0.39, 0.29) is 11.6 Å². The number of imidazole rings is 1. The second-order valence-electron chi connectivity index (χ2n) is 5.36. The van der Waals surface area contributed by atoms with Gasteiger partial charge in [-0.1, -0.05) is 29.4 Å². The molecule has 2 N–H and O–H groups in total. The highest BCUT2D eigenvalue weighted by atomic mass is 35.5. The molecular formula is C18H14ClFN4O2S. The number of hydrogen-bond acceptors (Lipinski definition) is 4. The molecular weight excluding hydrogens is 391 g/mol. The number of rotatable bonds is 5. The van der Waals surface area contributed by atoms with E-state index >= 15 is 0 Å². The minimum atomic E-state index is -0.453. The molecule has 0 unspecified atom stereocenters. The zero-order valence-electron chi connectivity index (χ0n) is 13.9. The first-order valence-corrected chi connectivity index (χ1v) is 9.16. The van der Waals surface area contributed by atoms with E-state index in [4.69, 9.17) is 11.6 Å². The Bertz CT molecular complexity index is 962. The third-order valence-electron chi connectivity index (χ3n) is 3.45. The molecule has 6 nitrogen and oxygen atoms in total. The molecule has 0 atom stereocenters. The number of halogens is 2. The van der Waals surface area contributed by atoms with Crippen LogP contribution in [0.3, 0.4) is 0 Å². The molecule has 0 saturated heterocycles. The van der Waals surface area contributed by atoms with Crippen LogP contribution in [0.15, 0.2) is 66.1 Å². The SMILES string of the molecule is O=C(CSc1nccn1-c1cccc(F)c1)NNC(=O)c1ccc(Cl)cc1. The molecule has 0 aliphatic heterocycles. The lowest BCUT2D eigenvalue weighted by atomic mass is 10.2. The summed E-state index contributed by atoms with van der Waals surface area (Å²) in [5.41, 5.74) is 5.64. The summed E-state index contributed by atoms with van der Waals surface area (Å²) in [6.45, 7) is 0. The summed E-state index contributed by atoms with van der Waals surface area (Å²) >= 11 is 6.93. The van der Waals surface area contributed by atoms with E-state index in [1.54, 1.807) is 53.4 Å². The number of thioether (sulfide) groups is 1. The largest absolute Gasteiger partial charge is 0.295 e. The van der Waals surface area contributed by atoms with Gasteiger partial charge in [0.15, 0.2) is 5.16 Å². The number of hydrogen-bond donors (Lipinski definition) is 2. The first-order valence-electron chi connectivity index (χ1n) is 7.80. The molecule has 3 rings (SSSR count). The lowest BCUT2D eigenvalue weighted by Crippen LogP contribution is -2.42. The third-order valence-corrected chi connectivity index (χ3v) is 4.67. The van der Waals surface area contributed by atoms with Crippen LogP contribution >= 0.6 is 23.4 Å². The van der Waals surface area contributed by atoms with Gasteiger partial charge in [-0.2, -0.15) is 0 Å². The number of benzene rings is 2. The highest BCUT2D eigenvalue weighted by molar-refractivity contribution is 7.99. The van der Waals surface area contributed by atoms with Crippen LogP contribution in [0.1, 0.15) is 10.4 Å². The average Bonchev–Trinajstić information content (AvgIpc) is 3.13. The molecule has 9 heteroatoms. The van der Waals surface area contributed by atoms with E-state index in [9.17, 15) is 14.0 Å². The standard InChI is InChI=1S/C18H14ClFN4O2S/c19-13-6-4-12(5-7-13)17(26)23-22-16(25)11-27-18-21-8-9-24(18)15-3-1-2-14(20)10-15/h1-10H,11H2,(H,22,25)(H,23,26). The minimum absolute atomic E-state index is 0.0211. The highest BCUT2D eigenvalue weighted by Gasteiger charge is 2.11. The number of carbonyl (C=O) groups excluding carboxylic acids is 2. The smallest absolute Gasteiger partial charge is 0.269 e. The molecule has 0 saturated carbocycles. The predicted molar refractivity (Wildman–Crippen MR) is 101 cm³/mol. The number of aromatic nitrogens is 2. The molecule has 1 aromatic heterocycles. The van der Waals surface area contributed by atoms with Gasteiger partial charge in [0.25, 0.3) is 5.91 Å². The van der Waals surface area contributed by atoms with Gasteiger partial charge in [-0.05, 0) is 42.5 Å². The van der Waals surface area contributed by atoms with E-state index in [1.807, 2.05) is 0 Å². The summed E-state index contributed by atoms with van der Waals surface area (Å²) < 4.78 is 15.1. The van der Waals surface area contributed by atoms with Crippen LogP contribution in [0, 0.1) is 5.82 Å². The van der Waals surface area contributed by atoms with Gasteiger partial charge in [0, 0.05) is 23.0 Å². The zero-order valence-corrected chi connectivity index (χ0v) is 15.4. The highest BCUT2D eigenvalue weighted by Crippen LogP contribution is 2.20. The number of hydrazine groups is 1. The summed E-state index contributed by atoms with van der Waals surface area (Å²) in [5, 5.41) is 1.04. The number of carbonyl (C=O) groups is 2. The maximum atomic E-state index is 13.4. The van der Waals surface area contributed by atoms with Crippen molar-refractivity contribution in [3.8, 4) is 5.69 Å². The fourth-order valence-electron chi connectivity index (χ4n) is 2.19. The summed E-state index contributed by atoms with van der Waals surface area (Å²) in [7, 11) is 0. The Morgan fingerprint density at radius 1 is 1.15 bits per heavy atom. The predicted octanol–water partition coefficient (Wildman–Crippen LogP) is 3.22. The maximum absolute atomic E-state index is 13.4. The zero-order chi connectivity index (χ0) is 19.2. The van der Waals surface area contributed by atoms with Gasteiger partial charge in [-0.25, -0.2) is 9.37 Å². The second-order valence-corrected chi connectivity index (χ2v) is 6.74. The number of nitrogens with zero attached hydrogens (tertiary/aromatic N) is 2. The molecule has 138 valence electrons. The summed E-state index contributed by atoms with van der Waals surface area (Å²) in [5.74, 6) is -1.20. The minimum Gasteiger partial charge on any atom is -0.295 e. The molecule has 2 aromatic carbocycles. The van der Waals surface area contributed by atoms with E-state index < -0.39 is 11.8 Å². The monoisotopic (exact) mass is 404 g/mol. The Balaban J connectivity index is 1.53. The Labute approximate surface area is 163 Å². The molecule has 0 spiro atoms. The van der Waals surface area contributed by atoms with Crippen molar-refractivity contribution in [3.63, 3.8) is 0 Å². The maximum Gasteiger partial charge on any atom is 0.269 e. The third kappa shape index (κ3) is 5.08. The number of amides is 2. The molecule has 0 radical (unpaired) electrons. The van der Waals surface area contributed by atoms with Crippen molar-refractivity contribution in [1.82, 2.24) is 20.4 Å². The van der Waals surface area contributed by atoms with Crippen molar-refractivity contribution in [1.29, 1.82) is 0 Å². The normalized spacial score (nSPS) is 10.4. The van der Waals surface area contributed by atoms with E-state index in [2.05, 4.69) is 15.8 Å². The van der Waals surface area contributed by atoms with Crippen molar-refractivity contribution in [2.24, 2.45) is 0 Å². The topological polar surface area (TPSA) is 76.0 Å². The molecule has 0 aliphatic carbocycles. The molecule has 0 fully saturated rings. The van der Waals surface area contributed by atoms with Gasteiger partial charge in [0.05, 0.1) is 11.4 Å². The Kier molecular flexibility index (Phi) is 6.10. The second kappa shape index (κ2) is 8.70. The molecule has 0 aliphatic rings. The van der Waals surface area contributed by atoms with Gasteiger partial charge in [0.1, 0.15) is 5.82 Å². The van der Waals surface area contributed by atoms with Crippen molar-refractivity contribution in [3.05, 3.63) is 77.3 Å². The van der Waals surface area contributed by atoms with Gasteiger partial charge in [0.2, 0.25) is 5.91 Å². The van der Waals surface area contributed by atoms with Crippen LogP contribution in [-0.2, 0) is 4.79 Å².